The molecule has 9 heteroatoms. The molecule has 4 unspecified atom stereocenters. The lowest BCUT2D eigenvalue weighted by atomic mass is 9.90. The number of ether oxygens (including phenoxy) is 1. The van der Waals surface area contributed by atoms with Crippen molar-refractivity contribution in [1.29, 1.82) is 0 Å². The Hall–Kier alpha value is -2.23. The minimum Gasteiger partial charge on any atom is -0.467 e. The minimum atomic E-state index is -1.24. The van der Waals surface area contributed by atoms with Crippen LogP contribution in [-0.2, 0) is 14.3 Å². The molecule has 0 aliphatic heterocycles. The van der Waals surface area contributed by atoms with Gasteiger partial charge in [0.15, 0.2) is 0 Å². The van der Waals surface area contributed by atoms with Crippen LogP contribution < -0.4 is 10.6 Å². The summed E-state index contributed by atoms with van der Waals surface area (Å²) in [5.41, 5.74) is 0.171. The van der Waals surface area contributed by atoms with E-state index >= 15 is 0 Å². The third-order valence-corrected chi connectivity index (χ3v) is 4.68. The van der Waals surface area contributed by atoms with Gasteiger partial charge in [-0.2, -0.15) is 0 Å². The van der Waals surface area contributed by atoms with E-state index in [0.717, 1.165) is 0 Å². The number of carbonyl (C=O) groups excluding carboxylic acids is 3. The molecule has 2 amide bonds. The maximum Gasteiger partial charge on any atom is 0.328 e. The van der Waals surface area contributed by atoms with E-state index in [1.807, 2.05) is 0 Å². The first-order chi connectivity index (χ1) is 11.8. The molecule has 0 spiro atoms. The molecule has 1 heterocycles. The maximum atomic E-state index is 12.3. The fraction of sp³-hybridized carbons (Fsp3) is 0.438. The fourth-order valence-corrected chi connectivity index (χ4v) is 3.05. The number of aliphatic hydroxyl groups excluding tert-OH is 2. The lowest BCUT2D eigenvalue weighted by molar-refractivity contribution is -0.144. The van der Waals surface area contributed by atoms with Gasteiger partial charge in [-0.25, -0.2) is 4.79 Å². The molecule has 2 rings (SSSR count). The molecule has 0 saturated heterocycles. The summed E-state index contributed by atoms with van der Waals surface area (Å²) in [4.78, 5) is 36.2. The van der Waals surface area contributed by atoms with Crippen molar-refractivity contribution < 1.29 is 29.3 Å². The van der Waals surface area contributed by atoms with E-state index in [1.54, 1.807) is 17.5 Å². The van der Waals surface area contributed by atoms with Crippen LogP contribution in [0.1, 0.15) is 23.0 Å². The van der Waals surface area contributed by atoms with Gasteiger partial charge in [0.1, 0.15) is 12.1 Å². The Morgan fingerprint density at radius 1 is 1.32 bits per heavy atom. The molecule has 0 radical (unpaired) electrons. The summed E-state index contributed by atoms with van der Waals surface area (Å²) in [5, 5.41) is 26.8. The molecule has 136 valence electrons. The number of amides is 2. The fourth-order valence-electron chi connectivity index (χ4n) is 2.42. The summed E-state index contributed by atoms with van der Waals surface area (Å²) in [6, 6.07) is 1.56. The summed E-state index contributed by atoms with van der Waals surface area (Å²) in [6.07, 6.45) is -1.15. The monoisotopic (exact) mass is 368 g/mol. The third-order valence-electron chi connectivity index (χ3n) is 3.81. The standard InChI is InChI=1S/C16H20N2O6S/c1-8(16(23)24-2)17-14(21)9-6-10(13(20)11(19)7-9)18-15(22)12-4-3-5-25-12/h3-6,8,10-11,13,19-20H,7H2,1-2H3,(H,17,21)(H,18,22). The predicted molar refractivity (Wildman–Crippen MR) is 89.9 cm³/mol. The van der Waals surface area contributed by atoms with Gasteiger partial charge in [-0.1, -0.05) is 12.1 Å². The number of rotatable bonds is 5. The van der Waals surface area contributed by atoms with E-state index in [0.29, 0.717) is 4.88 Å². The van der Waals surface area contributed by atoms with Crippen LogP contribution in [0.5, 0.6) is 0 Å². The van der Waals surface area contributed by atoms with Gasteiger partial charge in [-0.05, 0) is 18.4 Å². The Balaban J connectivity index is 2.11. The second kappa shape index (κ2) is 8.24. The zero-order valence-electron chi connectivity index (χ0n) is 13.8. The number of thiophene rings is 1. The Labute approximate surface area is 148 Å². The molecule has 0 aromatic carbocycles. The number of hydrogen-bond acceptors (Lipinski definition) is 7. The molecule has 0 saturated carbocycles. The van der Waals surface area contributed by atoms with Gasteiger partial charge in [0.25, 0.3) is 5.91 Å². The highest BCUT2D eigenvalue weighted by Crippen LogP contribution is 2.21. The Morgan fingerprint density at radius 2 is 2.04 bits per heavy atom. The number of aliphatic hydroxyl groups is 2. The van der Waals surface area contributed by atoms with Gasteiger partial charge in [0.05, 0.1) is 24.1 Å². The first-order valence-corrected chi connectivity index (χ1v) is 8.51. The van der Waals surface area contributed by atoms with Crippen LogP contribution in [0.15, 0.2) is 29.2 Å². The lowest BCUT2D eigenvalue weighted by Crippen LogP contribution is -2.51. The van der Waals surface area contributed by atoms with E-state index in [2.05, 4.69) is 15.4 Å². The summed E-state index contributed by atoms with van der Waals surface area (Å²) in [5.74, 6) is -1.58. The van der Waals surface area contributed by atoms with E-state index < -0.39 is 42.1 Å². The zero-order chi connectivity index (χ0) is 18.6. The van der Waals surface area contributed by atoms with Gasteiger partial charge in [-0.3, -0.25) is 9.59 Å². The number of nitrogens with one attached hydrogen (secondary N) is 2. The lowest BCUT2D eigenvalue weighted by Gasteiger charge is -2.31. The van der Waals surface area contributed by atoms with Crippen molar-refractivity contribution >= 4 is 29.1 Å². The molecule has 1 aliphatic carbocycles. The second-order valence-corrected chi connectivity index (χ2v) is 6.60. The second-order valence-electron chi connectivity index (χ2n) is 5.65. The summed E-state index contributed by atoms with van der Waals surface area (Å²) in [6.45, 7) is 1.47. The normalized spacial score (nSPS) is 24.0. The minimum absolute atomic E-state index is 0.0910. The summed E-state index contributed by atoms with van der Waals surface area (Å²) in [7, 11) is 1.21. The molecule has 0 fully saturated rings. The molecule has 8 nitrogen and oxygen atoms in total. The van der Waals surface area contributed by atoms with Crippen molar-refractivity contribution in [1.82, 2.24) is 10.6 Å². The van der Waals surface area contributed by atoms with Gasteiger partial charge >= 0.3 is 5.97 Å². The van der Waals surface area contributed by atoms with E-state index in [1.165, 1.54) is 31.4 Å². The summed E-state index contributed by atoms with van der Waals surface area (Å²) < 4.78 is 4.54. The van der Waals surface area contributed by atoms with Crippen LogP contribution >= 0.6 is 11.3 Å². The van der Waals surface area contributed by atoms with Crippen molar-refractivity contribution in [2.45, 2.75) is 37.6 Å². The van der Waals surface area contributed by atoms with E-state index in [4.69, 9.17) is 0 Å². The number of esters is 1. The van der Waals surface area contributed by atoms with Crippen LogP contribution in [0.25, 0.3) is 0 Å². The van der Waals surface area contributed by atoms with Crippen LogP contribution in [-0.4, -0.2) is 59.4 Å². The van der Waals surface area contributed by atoms with Gasteiger partial charge in [0.2, 0.25) is 5.91 Å². The average Bonchev–Trinajstić information content (AvgIpc) is 3.12. The first-order valence-electron chi connectivity index (χ1n) is 7.63. The molecular formula is C16H20N2O6S. The van der Waals surface area contributed by atoms with Crippen LogP contribution in [0.3, 0.4) is 0 Å². The topological polar surface area (TPSA) is 125 Å². The maximum absolute atomic E-state index is 12.3. The SMILES string of the molecule is COC(=O)C(C)NC(=O)C1=CC(NC(=O)c2cccs2)C(O)C(O)C1. The highest BCUT2D eigenvalue weighted by molar-refractivity contribution is 7.12. The van der Waals surface area contributed by atoms with E-state index in [9.17, 15) is 24.6 Å². The van der Waals surface area contributed by atoms with Crippen molar-refractivity contribution in [2.75, 3.05) is 7.11 Å². The van der Waals surface area contributed by atoms with Gasteiger partial charge < -0.3 is 25.6 Å². The third kappa shape index (κ3) is 4.65. The van der Waals surface area contributed by atoms with Gasteiger partial charge in [0, 0.05) is 12.0 Å². The van der Waals surface area contributed by atoms with E-state index in [-0.39, 0.29) is 12.0 Å². The molecule has 1 aromatic rings. The summed E-state index contributed by atoms with van der Waals surface area (Å²) >= 11 is 1.24. The first kappa shape index (κ1) is 19.1. The highest BCUT2D eigenvalue weighted by atomic mass is 32.1. The zero-order valence-corrected chi connectivity index (χ0v) is 14.6. The Kier molecular flexibility index (Phi) is 6.29. The number of hydrogen-bond donors (Lipinski definition) is 4. The smallest absolute Gasteiger partial charge is 0.328 e. The predicted octanol–water partition coefficient (Wildman–Crippen LogP) is -0.424. The molecule has 1 aliphatic rings. The van der Waals surface area contributed by atoms with Crippen LogP contribution in [0.2, 0.25) is 0 Å². The molecule has 1 aromatic heterocycles. The van der Waals surface area contributed by atoms with Crippen molar-refractivity contribution in [3.05, 3.63) is 34.0 Å². The molecule has 4 N–H and O–H groups in total. The van der Waals surface area contributed by atoms with Gasteiger partial charge in [-0.15, -0.1) is 11.3 Å². The van der Waals surface area contributed by atoms with Crippen LogP contribution in [0.4, 0.5) is 0 Å². The Bertz CT molecular complexity index is 672. The molecule has 4 atom stereocenters. The average molecular weight is 368 g/mol. The number of methoxy groups -OCH3 is 1. The van der Waals surface area contributed by atoms with Crippen molar-refractivity contribution in [3.8, 4) is 0 Å². The van der Waals surface area contributed by atoms with Crippen molar-refractivity contribution in [3.63, 3.8) is 0 Å². The Morgan fingerprint density at radius 3 is 2.64 bits per heavy atom. The molecular weight excluding hydrogens is 348 g/mol. The van der Waals surface area contributed by atoms with Crippen LogP contribution in [0, 0.1) is 0 Å². The molecule has 0 bridgehead atoms. The van der Waals surface area contributed by atoms with Crippen molar-refractivity contribution in [2.24, 2.45) is 0 Å². The highest BCUT2D eigenvalue weighted by Gasteiger charge is 2.34. The number of carbonyl (C=O) groups is 3. The quantitative estimate of drug-likeness (QED) is 0.523. The molecule has 25 heavy (non-hydrogen) atoms. The largest absolute Gasteiger partial charge is 0.467 e.